The highest BCUT2D eigenvalue weighted by molar-refractivity contribution is 14.1. The molecule has 0 aliphatic rings. The van der Waals surface area contributed by atoms with E-state index in [4.69, 9.17) is 0 Å². The Labute approximate surface area is 172 Å². The molecule has 1 aromatic carbocycles. The molecule has 0 aliphatic carbocycles. The third kappa shape index (κ3) is 3.68. The first kappa shape index (κ1) is 19.0. The van der Waals surface area contributed by atoms with Crippen molar-refractivity contribution in [2.75, 3.05) is 5.32 Å². The molecule has 2 aromatic heterocycles. The van der Waals surface area contributed by atoms with E-state index in [1.807, 2.05) is 26.0 Å². The lowest BCUT2D eigenvalue weighted by atomic mass is 10.0. The molecular formula is C17H17BrIN5O2. The summed E-state index contributed by atoms with van der Waals surface area (Å²) in [6.45, 7) is 3.86. The summed E-state index contributed by atoms with van der Waals surface area (Å²) in [6.07, 6.45) is 1.66. The van der Waals surface area contributed by atoms with Crippen LogP contribution in [0.1, 0.15) is 25.5 Å². The summed E-state index contributed by atoms with van der Waals surface area (Å²) in [5, 5.41) is 12.7. The van der Waals surface area contributed by atoms with Crippen molar-refractivity contribution in [3.63, 3.8) is 0 Å². The molecule has 7 nitrogen and oxygen atoms in total. The molecule has 3 rings (SSSR count). The SMILES string of the molecule is CC(C)c1nn(CC(=O)Nc2c(I)cnn2C)c(=O)c2ccc(Br)cc12. The van der Waals surface area contributed by atoms with E-state index in [-0.39, 0.29) is 23.9 Å². The van der Waals surface area contributed by atoms with Crippen LogP contribution in [0.4, 0.5) is 5.82 Å². The van der Waals surface area contributed by atoms with Crippen molar-refractivity contribution in [2.24, 2.45) is 7.05 Å². The van der Waals surface area contributed by atoms with Gasteiger partial charge in [-0.05, 0) is 46.7 Å². The van der Waals surface area contributed by atoms with Crippen LogP contribution >= 0.6 is 38.5 Å². The first-order valence-electron chi connectivity index (χ1n) is 7.95. The van der Waals surface area contributed by atoms with E-state index in [2.05, 4.69) is 54.0 Å². The zero-order valence-corrected chi connectivity index (χ0v) is 18.2. The van der Waals surface area contributed by atoms with Gasteiger partial charge in [0.1, 0.15) is 12.4 Å². The predicted molar refractivity (Wildman–Crippen MR) is 112 cm³/mol. The number of amides is 1. The Hall–Kier alpha value is -1.75. The summed E-state index contributed by atoms with van der Waals surface area (Å²) in [5.41, 5.74) is 0.496. The van der Waals surface area contributed by atoms with Crippen molar-refractivity contribution in [1.29, 1.82) is 0 Å². The maximum absolute atomic E-state index is 12.8. The van der Waals surface area contributed by atoms with Gasteiger partial charge in [-0.3, -0.25) is 14.3 Å². The molecule has 2 heterocycles. The topological polar surface area (TPSA) is 81.8 Å². The van der Waals surface area contributed by atoms with Gasteiger partial charge in [-0.2, -0.15) is 10.2 Å². The molecule has 136 valence electrons. The zero-order valence-electron chi connectivity index (χ0n) is 14.5. The number of halogens is 2. The molecule has 0 atom stereocenters. The Morgan fingerprint density at radius 2 is 2.08 bits per heavy atom. The van der Waals surface area contributed by atoms with Gasteiger partial charge in [0.05, 0.1) is 20.8 Å². The summed E-state index contributed by atoms with van der Waals surface area (Å²) in [5.74, 6) is 0.379. The van der Waals surface area contributed by atoms with Crippen molar-refractivity contribution < 1.29 is 4.79 Å². The zero-order chi connectivity index (χ0) is 19.0. The van der Waals surface area contributed by atoms with Gasteiger partial charge in [0.25, 0.3) is 5.56 Å². The number of anilines is 1. The van der Waals surface area contributed by atoms with E-state index in [0.717, 1.165) is 19.1 Å². The molecule has 1 N–H and O–H groups in total. The summed E-state index contributed by atoms with van der Waals surface area (Å²) in [6, 6.07) is 5.46. The molecule has 0 unspecified atom stereocenters. The summed E-state index contributed by atoms with van der Waals surface area (Å²) >= 11 is 5.53. The minimum atomic E-state index is -0.327. The largest absolute Gasteiger partial charge is 0.308 e. The summed E-state index contributed by atoms with van der Waals surface area (Å²) in [4.78, 5) is 25.2. The van der Waals surface area contributed by atoms with Crippen molar-refractivity contribution in [3.05, 3.63) is 48.5 Å². The van der Waals surface area contributed by atoms with Crippen LogP contribution in [0.3, 0.4) is 0 Å². The first-order chi connectivity index (χ1) is 12.3. The lowest BCUT2D eigenvalue weighted by molar-refractivity contribution is -0.117. The Morgan fingerprint density at radius 1 is 1.35 bits per heavy atom. The molecule has 0 bridgehead atoms. The van der Waals surface area contributed by atoms with Crippen LogP contribution in [0, 0.1) is 3.57 Å². The monoisotopic (exact) mass is 529 g/mol. The minimum Gasteiger partial charge on any atom is -0.308 e. The fourth-order valence-corrected chi connectivity index (χ4v) is 3.65. The lowest BCUT2D eigenvalue weighted by Crippen LogP contribution is -2.31. The highest BCUT2D eigenvalue weighted by Crippen LogP contribution is 2.24. The van der Waals surface area contributed by atoms with Crippen molar-refractivity contribution in [1.82, 2.24) is 19.6 Å². The highest BCUT2D eigenvalue weighted by Gasteiger charge is 2.17. The average molecular weight is 530 g/mol. The number of benzene rings is 1. The van der Waals surface area contributed by atoms with E-state index in [1.54, 1.807) is 24.0 Å². The predicted octanol–water partition coefficient (Wildman–Crippen LogP) is 3.26. The van der Waals surface area contributed by atoms with Gasteiger partial charge in [0, 0.05) is 16.9 Å². The van der Waals surface area contributed by atoms with Crippen LogP contribution in [0.5, 0.6) is 0 Å². The van der Waals surface area contributed by atoms with Gasteiger partial charge >= 0.3 is 0 Å². The number of carbonyl (C=O) groups is 1. The maximum atomic E-state index is 12.8. The van der Waals surface area contributed by atoms with Gasteiger partial charge < -0.3 is 5.32 Å². The summed E-state index contributed by atoms with van der Waals surface area (Å²) < 4.78 is 4.51. The van der Waals surface area contributed by atoms with Crippen LogP contribution < -0.4 is 10.9 Å². The Kier molecular flexibility index (Phi) is 5.47. The van der Waals surface area contributed by atoms with Crippen LogP contribution in [0.15, 0.2) is 33.7 Å². The number of rotatable bonds is 4. The van der Waals surface area contributed by atoms with Crippen LogP contribution in [0.2, 0.25) is 0 Å². The molecular weight excluding hydrogens is 513 g/mol. The van der Waals surface area contributed by atoms with Gasteiger partial charge in [-0.1, -0.05) is 29.8 Å². The van der Waals surface area contributed by atoms with Crippen LogP contribution in [-0.2, 0) is 18.4 Å². The average Bonchev–Trinajstić information content (AvgIpc) is 2.89. The maximum Gasteiger partial charge on any atom is 0.275 e. The fraction of sp³-hybridized carbons (Fsp3) is 0.294. The summed E-state index contributed by atoms with van der Waals surface area (Å²) in [7, 11) is 1.74. The fourth-order valence-electron chi connectivity index (χ4n) is 2.68. The van der Waals surface area contributed by atoms with Gasteiger partial charge in [0.2, 0.25) is 5.91 Å². The van der Waals surface area contributed by atoms with Gasteiger partial charge in [-0.15, -0.1) is 0 Å². The van der Waals surface area contributed by atoms with Gasteiger partial charge in [0.15, 0.2) is 0 Å². The molecule has 0 saturated carbocycles. The minimum absolute atomic E-state index is 0.111. The smallest absolute Gasteiger partial charge is 0.275 e. The Balaban J connectivity index is 2.00. The second-order valence-electron chi connectivity index (χ2n) is 6.21. The number of aromatic nitrogens is 4. The second kappa shape index (κ2) is 7.47. The van der Waals surface area contributed by atoms with Crippen LogP contribution in [0.25, 0.3) is 10.8 Å². The normalized spacial score (nSPS) is 11.3. The van der Waals surface area contributed by atoms with Crippen molar-refractivity contribution in [2.45, 2.75) is 26.3 Å². The molecule has 9 heteroatoms. The Morgan fingerprint density at radius 3 is 2.69 bits per heavy atom. The molecule has 1 amide bonds. The highest BCUT2D eigenvalue weighted by atomic mass is 127. The number of aryl methyl sites for hydroxylation is 1. The number of hydrogen-bond acceptors (Lipinski definition) is 4. The van der Waals surface area contributed by atoms with Crippen molar-refractivity contribution >= 4 is 61.0 Å². The molecule has 0 radical (unpaired) electrons. The number of nitrogens with one attached hydrogen (secondary N) is 1. The standard InChI is InChI=1S/C17H17BrIN5O2/c1-9(2)15-12-6-10(18)4-5-11(12)17(26)24(22-15)8-14(25)21-16-13(19)7-20-23(16)3/h4-7,9H,8H2,1-3H3,(H,21,25). The third-order valence-corrected chi connectivity index (χ3v) is 5.23. The van der Waals surface area contributed by atoms with E-state index in [9.17, 15) is 9.59 Å². The third-order valence-electron chi connectivity index (χ3n) is 3.94. The Bertz CT molecular complexity index is 1040. The lowest BCUT2D eigenvalue weighted by Gasteiger charge is -2.13. The van der Waals surface area contributed by atoms with E-state index in [1.165, 1.54) is 4.68 Å². The van der Waals surface area contributed by atoms with Gasteiger partial charge in [-0.25, -0.2) is 4.68 Å². The van der Waals surface area contributed by atoms with E-state index < -0.39 is 0 Å². The number of carbonyl (C=O) groups excluding carboxylic acids is 1. The van der Waals surface area contributed by atoms with E-state index in [0.29, 0.717) is 11.2 Å². The molecule has 0 fully saturated rings. The quantitative estimate of drug-likeness (QED) is 0.526. The number of hydrogen-bond donors (Lipinski definition) is 1. The van der Waals surface area contributed by atoms with Crippen LogP contribution in [-0.4, -0.2) is 25.5 Å². The first-order valence-corrected chi connectivity index (χ1v) is 9.82. The molecule has 0 aliphatic heterocycles. The number of nitrogens with zero attached hydrogens (tertiary/aromatic N) is 4. The molecule has 0 saturated heterocycles. The molecule has 0 spiro atoms. The molecule has 3 aromatic rings. The molecule has 26 heavy (non-hydrogen) atoms. The second-order valence-corrected chi connectivity index (χ2v) is 8.28. The number of fused-ring (bicyclic) bond motifs is 1. The van der Waals surface area contributed by atoms with E-state index >= 15 is 0 Å². The van der Waals surface area contributed by atoms with Crippen molar-refractivity contribution in [3.8, 4) is 0 Å².